The van der Waals surface area contributed by atoms with Crippen LogP contribution in [0.1, 0.15) is 25.0 Å². The molecule has 0 saturated heterocycles. The summed E-state index contributed by atoms with van der Waals surface area (Å²) in [5.41, 5.74) is 6.78. The molecule has 0 aliphatic rings. The number of ether oxygens (including phenoxy) is 1. The Balaban J connectivity index is 2.77. The number of nitrogens with one attached hydrogen (secondary N) is 1. The second-order valence-electron chi connectivity index (χ2n) is 5.31. The molecule has 0 radical (unpaired) electrons. The number of hydrogen-bond acceptors (Lipinski definition) is 4. The Morgan fingerprint density at radius 3 is 2.48 bits per heavy atom. The van der Waals surface area contributed by atoms with Crippen LogP contribution in [0.5, 0.6) is 0 Å². The summed E-state index contributed by atoms with van der Waals surface area (Å²) in [7, 11) is 0. The molecule has 0 bridgehead atoms. The Morgan fingerprint density at radius 1 is 1.30 bits per heavy atom. The third kappa shape index (κ3) is 6.23. The predicted molar refractivity (Wildman–Crippen MR) is 90.4 cm³/mol. The lowest BCUT2D eigenvalue weighted by atomic mass is 10.1. The van der Waals surface area contributed by atoms with E-state index >= 15 is 0 Å². The molecule has 0 heterocycles. The summed E-state index contributed by atoms with van der Waals surface area (Å²) in [6.45, 7) is 5.34. The number of halogens is 1. The minimum atomic E-state index is -1.10. The Kier molecular flexibility index (Phi) is 6.96. The second kappa shape index (κ2) is 8.47. The summed E-state index contributed by atoms with van der Waals surface area (Å²) < 4.78 is 5.94. The van der Waals surface area contributed by atoms with Gasteiger partial charge < -0.3 is 10.5 Å². The minimum absolute atomic E-state index is 0.308. The summed E-state index contributed by atoms with van der Waals surface area (Å²) in [5.74, 6) is -1.74. The summed E-state index contributed by atoms with van der Waals surface area (Å²) >= 11 is 3.40. The lowest BCUT2D eigenvalue weighted by Gasteiger charge is -2.18. The fraction of sp³-hybridized carbons (Fsp3) is 0.312. The number of carbonyl (C=O) groups is 3. The number of amides is 3. The van der Waals surface area contributed by atoms with Gasteiger partial charge in [-0.05, 0) is 36.1 Å². The van der Waals surface area contributed by atoms with Crippen molar-refractivity contribution in [2.24, 2.45) is 11.7 Å². The predicted octanol–water partition coefficient (Wildman–Crippen LogP) is 2.53. The van der Waals surface area contributed by atoms with Crippen molar-refractivity contribution < 1.29 is 19.1 Å². The van der Waals surface area contributed by atoms with E-state index in [-0.39, 0.29) is 5.92 Å². The van der Waals surface area contributed by atoms with Gasteiger partial charge in [0.25, 0.3) is 5.91 Å². The van der Waals surface area contributed by atoms with Crippen LogP contribution in [-0.2, 0) is 14.3 Å². The molecular weight excluding hydrogens is 364 g/mol. The van der Waals surface area contributed by atoms with Crippen LogP contribution in [0.15, 0.2) is 28.7 Å². The average molecular weight is 383 g/mol. The van der Waals surface area contributed by atoms with Gasteiger partial charge in [-0.1, -0.05) is 41.9 Å². The molecular formula is C16H19BrN2O4. The van der Waals surface area contributed by atoms with Crippen molar-refractivity contribution in [2.45, 2.75) is 26.9 Å². The summed E-state index contributed by atoms with van der Waals surface area (Å²) in [5, 5.41) is 1.91. The SMILES string of the molecule is Cc1ccc(/C=C/C(=O)O[C@@H](C(=O)NC(N)=O)C(C)C)c(Br)c1. The summed E-state index contributed by atoms with van der Waals surface area (Å²) in [6.07, 6.45) is 1.71. The molecule has 3 amide bonds. The van der Waals surface area contributed by atoms with Gasteiger partial charge in [-0.25, -0.2) is 9.59 Å². The molecule has 7 heteroatoms. The highest BCUT2D eigenvalue weighted by Crippen LogP contribution is 2.19. The number of aryl methyl sites for hydroxylation is 1. The van der Waals surface area contributed by atoms with E-state index in [9.17, 15) is 14.4 Å². The van der Waals surface area contributed by atoms with Crippen LogP contribution in [0.25, 0.3) is 6.08 Å². The van der Waals surface area contributed by atoms with E-state index in [0.717, 1.165) is 15.6 Å². The van der Waals surface area contributed by atoms with Crippen molar-refractivity contribution in [3.63, 3.8) is 0 Å². The fourth-order valence-electron chi connectivity index (χ4n) is 1.77. The van der Waals surface area contributed by atoms with Crippen LogP contribution in [0.2, 0.25) is 0 Å². The van der Waals surface area contributed by atoms with Crippen LogP contribution in [0.3, 0.4) is 0 Å². The van der Waals surface area contributed by atoms with Gasteiger partial charge in [-0.3, -0.25) is 10.1 Å². The number of esters is 1. The molecule has 0 unspecified atom stereocenters. The Labute approximate surface area is 143 Å². The normalized spacial score (nSPS) is 12.2. The molecule has 3 N–H and O–H groups in total. The lowest BCUT2D eigenvalue weighted by Crippen LogP contribution is -2.45. The van der Waals surface area contributed by atoms with Crippen molar-refractivity contribution in [1.29, 1.82) is 0 Å². The maximum absolute atomic E-state index is 11.9. The van der Waals surface area contributed by atoms with E-state index in [1.165, 1.54) is 6.08 Å². The van der Waals surface area contributed by atoms with Gasteiger partial charge in [-0.2, -0.15) is 0 Å². The number of nitrogens with two attached hydrogens (primary N) is 1. The van der Waals surface area contributed by atoms with Gasteiger partial charge in [0.1, 0.15) is 0 Å². The van der Waals surface area contributed by atoms with E-state index in [4.69, 9.17) is 10.5 Å². The number of primary amides is 1. The van der Waals surface area contributed by atoms with Gasteiger partial charge in [-0.15, -0.1) is 0 Å². The van der Waals surface area contributed by atoms with Crippen molar-refractivity contribution in [3.05, 3.63) is 39.9 Å². The zero-order chi connectivity index (χ0) is 17.6. The lowest BCUT2D eigenvalue weighted by molar-refractivity contribution is -0.153. The zero-order valence-electron chi connectivity index (χ0n) is 13.1. The molecule has 6 nitrogen and oxygen atoms in total. The largest absolute Gasteiger partial charge is 0.449 e. The number of benzene rings is 1. The van der Waals surface area contributed by atoms with Gasteiger partial charge in [0, 0.05) is 10.5 Å². The molecule has 1 aromatic carbocycles. The van der Waals surface area contributed by atoms with Gasteiger partial charge in [0.2, 0.25) is 0 Å². The Hall–Kier alpha value is -2.15. The van der Waals surface area contributed by atoms with E-state index in [1.807, 2.05) is 30.4 Å². The van der Waals surface area contributed by atoms with Crippen LogP contribution in [-0.4, -0.2) is 24.0 Å². The third-order valence-electron chi connectivity index (χ3n) is 2.91. The van der Waals surface area contributed by atoms with E-state index < -0.39 is 24.0 Å². The van der Waals surface area contributed by atoms with Crippen molar-refractivity contribution >= 4 is 39.9 Å². The first kappa shape index (κ1) is 18.9. The highest BCUT2D eigenvalue weighted by atomic mass is 79.9. The van der Waals surface area contributed by atoms with E-state index in [2.05, 4.69) is 15.9 Å². The van der Waals surface area contributed by atoms with Gasteiger partial charge in [0.15, 0.2) is 6.10 Å². The van der Waals surface area contributed by atoms with Crippen LogP contribution in [0.4, 0.5) is 4.79 Å². The van der Waals surface area contributed by atoms with Crippen LogP contribution >= 0.6 is 15.9 Å². The third-order valence-corrected chi connectivity index (χ3v) is 3.60. The summed E-state index contributed by atoms with van der Waals surface area (Å²) in [4.78, 5) is 34.4. The van der Waals surface area contributed by atoms with E-state index in [0.29, 0.717) is 0 Å². The number of hydrogen-bond donors (Lipinski definition) is 2. The zero-order valence-corrected chi connectivity index (χ0v) is 14.7. The maximum atomic E-state index is 11.9. The molecule has 0 fully saturated rings. The molecule has 124 valence electrons. The molecule has 0 saturated carbocycles. The van der Waals surface area contributed by atoms with E-state index in [1.54, 1.807) is 19.9 Å². The standard InChI is InChI=1S/C16H19BrN2O4/c1-9(2)14(15(21)19-16(18)22)23-13(20)7-6-11-5-4-10(3)8-12(11)17/h4-9,14H,1-3H3,(H3,18,19,21,22)/b7-6+/t14-/m1/s1. The molecule has 23 heavy (non-hydrogen) atoms. The first-order valence-corrected chi connectivity index (χ1v) is 7.75. The van der Waals surface area contributed by atoms with Gasteiger partial charge in [0.05, 0.1) is 0 Å². The fourth-order valence-corrected chi connectivity index (χ4v) is 2.40. The molecule has 1 atom stereocenters. The monoisotopic (exact) mass is 382 g/mol. The Bertz CT molecular complexity index is 641. The van der Waals surface area contributed by atoms with Crippen molar-refractivity contribution in [3.8, 4) is 0 Å². The molecule has 1 rings (SSSR count). The van der Waals surface area contributed by atoms with Gasteiger partial charge >= 0.3 is 12.0 Å². The highest BCUT2D eigenvalue weighted by Gasteiger charge is 2.26. The smallest absolute Gasteiger partial charge is 0.331 e. The summed E-state index contributed by atoms with van der Waals surface area (Å²) in [6, 6.07) is 4.69. The first-order chi connectivity index (χ1) is 10.7. The molecule has 0 aromatic heterocycles. The number of urea groups is 1. The van der Waals surface area contributed by atoms with Crippen LogP contribution in [0, 0.1) is 12.8 Å². The topological polar surface area (TPSA) is 98.5 Å². The quantitative estimate of drug-likeness (QED) is 0.603. The van der Waals surface area contributed by atoms with Crippen LogP contribution < -0.4 is 11.1 Å². The minimum Gasteiger partial charge on any atom is -0.449 e. The highest BCUT2D eigenvalue weighted by molar-refractivity contribution is 9.10. The molecule has 0 aliphatic carbocycles. The van der Waals surface area contributed by atoms with Crippen molar-refractivity contribution in [1.82, 2.24) is 5.32 Å². The number of carbonyl (C=O) groups excluding carboxylic acids is 3. The number of imide groups is 1. The Morgan fingerprint density at radius 2 is 1.96 bits per heavy atom. The average Bonchev–Trinajstić information content (AvgIpc) is 2.42. The van der Waals surface area contributed by atoms with Crippen molar-refractivity contribution in [2.75, 3.05) is 0 Å². The molecule has 1 aromatic rings. The maximum Gasteiger partial charge on any atom is 0.331 e. The second-order valence-corrected chi connectivity index (χ2v) is 6.17. The molecule has 0 aliphatic heterocycles. The first-order valence-electron chi connectivity index (χ1n) is 6.96. The number of rotatable bonds is 5. The molecule has 0 spiro atoms.